The summed E-state index contributed by atoms with van der Waals surface area (Å²) in [6.45, 7) is 3.25. The zero-order chi connectivity index (χ0) is 12.5. The quantitative estimate of drug-likeness (QED) is 0.850. The Hall–Kier alpha value is -1.48. The highest BCUT2D eigenvalue weighted by Crippen LogP contribution is 2.29. The predicted octanol–water partition coefficient (Wildman–Crippen LogP) is 3.30. The van der Waals surface area contributed by atoms with Gasteiger partial charge in [-0.25, -0.2) is 0 Å². The second-order valence-electron chi connectivity index (χ2n) is 5.14. The molecule has 1 aliphatic rings. The second kappa shape index (κ2) is 4.65. The van der Waals surface area contributed by atoms with Crippen LogP contribution in [0.15, 0.2) is 18.2 Å². The third kappa shape index (κ3) is 1.99. The largest absolute Gasteiger partial charge is 0.497 e. The summed E-state index contributed by atoms with van der Waals surface area (Å²) < 4.78 is 5.33. The number of aryl methyl sites for hydroxylation is 1. The molecule has 2 N–H and O–H groups in total. The first-order chi connectivity index (χ1) is 8.78. The third-order valence-corrected chi connectivity index (χ3v) is 3.84. The summed E-state index contributed by atoms with van der Waals surface area (Å²) in [5.41, 5.74) is 3.78. The highest BCUT2D eigenvalue weighted by atomic mass is 16.5. The van der Waals surface area contributed by atoms with Crippen LogP contribution in [0.3, 0.4) is 0 Å². The molecule has 3 heteroatoms. The normalized spacial score (nSPS) is 20.2. The molecule has 0 amide bonds. The summed E-state index contributed by atoms with van der Waals surface area (Å²) in [5, 5.41) is 4.83. The van der Waals surface area contributed by atoms with Crippen molar-refractivity contribution >= 4 is 10.9 Å². The van der Waals surface area contributed by atoms with Crippen LogP contribution in [0.1, 0.15) is 36.6 Å². The van der Waals surface area contributed by atoms with Gasteiger partial charge in [0.1, 0.15) is 5.75 Å². The molecular formula is C15H20N2O. The maximum absolute atomic E-state index is 5.33. The first kappa shape index (κ1) is 11.6. The number of hydrogen-bond donors (Lipinski definition) is 2. The van der Waals surface area contributed by atoms with Crippen LogP contribution in [0.4, 0.5) is 0 Å². The van der Waals surface area contributed by atoms with E-state index in [1.807, 2.05) is 0 Å². The van der Waals surface area contributed by atoms with Crippen molar-refractivity contribution in [1.29, 1.82) is 0 Å². The highest BCUT2D eigenvalue weighted by molar-refractivity contribution is 5.85. The van der Waals surface area contributed by atoms with Gasteiger partial charge in [0.25, 0.3) is 0 Å². The fourth-order valence-corrected chi connectivity index (χ4v) is 2.84. The summed E-state index contributed by atoms with van der Waals surface area (Å²) in [7, 11) is 1.72. The Labute approximate surface area is 108 Å². The van der Waals surface area contributed by atoms with Crippen LogP contribution in [0.25, 0.3) is 10.9 Å². The van der Waals surface area contributed by atoms with Crippen LogP contribution in [0.2, 0.25) is 0 Å². The van der Waals surface area contributed by atoms with Crippen LogP contribution in [0, 0.1) is 6.92 Å². The molecule has 0 bridgehead atoms. The van der Waals surface area contributed by atoms with E-state index in [2.05, 4.69) is 35.4 Å². The Balaban J connectivity index is 2.01. The molecule has 18 heavy (non-hydrogen) atoms. The van der Waals surface area contributed by atoms with Gasteiger partial charge < -0.3 is 15.0 Å². The monoisotopic (exact) mass is 244 g/mol. The smallest absolute Gasteiger partial charge is 0.119 e. The molecule has 2 aromatic rings. The van der Waals surface area contributed by atoms with Crippen LogP contribution in [0.5, 0.6) is 5.75 Å². The van der Waals surface area contributed by atoms with Gasteiger partial charge in [0.05, 0.1) is 7.11 Å². The van der Waals surface area contributed by atoms with E-state index in [0.717, 1.165) is 12.3 Å². The predicted molar refractivity (Wildman–Crippen MR) is 74.2 cm³/mol. The van der Waals surface area contributed by atoms with E-state index in [4.69, 9.17) is 4.74 Å². The first-order valence-electron chi connectivity index (χ1n) is 6.68. The lowest BCUT2D eigenvalue weighted by molar-refractivity contribution is 0.407. The Kier molecular flexibility index (Phi) is 3.00. The molecule has 0 aliphatic carbocycles. The Morgan fingerprint density at radius 2 is 2.11 bits per heavy atom. The number of nitrogens with one attached hydrogen (secondary N) is 2. The summed E-state index contributed by atoms with van der Waals surface area (Å²) in [4.78, 5) is 3.57. The molecule has 1 aromatic carbocycles. The van der Waals surface area contributed by atoms with Gasteiger partial charge in [-0.2, -0.15) is 0 Å². The van der Waals surface area contributed by atoms with E-state index in [1.165, 1.54) is 41.4 Å². The van der Waals surface area contributed by atoms with Gasteiger partial charge in [0.2, 0.25) is 0 Å². The van der Waals surface area contributed by atoms with Gasteiger partial charge in [-0.1, -0.05) is 6.42 Å². The number of benzene rings is 1. The maximum Gasteiger partial charge on any atom is 0.119 e. The van der Waals surface area contributed by atoms with Crippen LogP contribution < -0.4 is 10.1 Å². The van der Waals surface area contributed by atoms with E-state index in [1.54, 1.807) is 7.11 Å². The Bertz CT molecular complexity index is 553. The van der Waals surface area contributed by atoms with Crippen molar-refractivity contribution in [3.8, 4) is 5.75 Å². The van der Waals surface area contributed by atoms with Gasteiger partial charge in [-0.3, -0.25) is 0 Å². The minimum Gasteiger partial charge on any atom is -0.497 e. The Morgan fingerprint density at radius 3 is 2.83 bits per heavy atom. The van der Waals surface area contributed by atoms with Crippen LogP contribution in [-0.4, -0.2) is 18.6 Å². The molecule has 1 fully saturated rings. The number of hydrogen-bond acceptors (Lipinski definition) is 2. The van der Waals surface area contributed by atoms with E-state index >= 15 is 0 Å². The molecule has 0 spiro atoms. The molecule has 2 heterocycles. The molecule has 0 radical (unpaired) electrons. The van der Waals surface area contributed by atoms with Gasteiger partial charge in [-0.05, 0) is 50.1 Å². The molecule has 96 valence electrons. The minimum atomic E-state index is 0.483. The molecule has 1 atom stereocenters. The zero-order valence-electron chi connectivity index (χ0n) is 11.0. The summed E-state index contributed by atoms with van der Waals surface area (Å²) >= 11 is 0. The fraction of sp³-hybridized carbons (Fsp3) is 0.467. The zero-order valence-corrected chi connectivity index (χ0v) is 11.0. The summed E-state index contributed by atoms with van der Waals surface area (Å²) in [6, 6.07) is 6.92. The fourth-order valence-electron chi connectivity index (χ4n) is 2.84. The number of aromatic nitrogens is 1. The third-order valence-electron chi connectivity index (χ3n) is 3.84. The van der Waals surface area contributed by atoms with E-state index < -0.39 is 0 Å². The molecule has 1 saturated heterocycles. The van der Waals surface area contributed by atoms with Crippen molar-refractivity contribution < 1.29 is 4.74 Å². The van der Waals surface area contributed by atoms with E-state index in [9.17, 15) is 0 Å². The number of aromatic amines is 1. The van der Waals surface area contributed by atoms with E-state index in [-0.39, 0.29) is 0 Å². The van der Waals surface area contributed by atoms with Crippen LogP contribution in [-0.2, 0) is 0 Å². The number of methoxy groups -OCH3 is 1. The first-order valence-corrected chi connectivity index (χ1v) is 6.68. The molecule has 0 saturated carbocycles. The average Bonchev–Trinajstić information content (AvgIpc) is 2.84. The topological polar surface area (TPSA) is 37.0 Å². The van der Waals surface area contributed by atoms with Crippen LogP contribution >= 0.6 is 0 Å². The number of rotatable bonds is 2. The average molecular weight is 244 g/mol. The number of piperidine rings is 1. The lowest BCUT2D eigenvalue weighted by Crippen LogP contribution is -2.26. The number of ether oxygens (including phenoxy) is 1. The van der Waals surface area contributed by atoms with Crippen molar-refractivity contribution in [3.05, 3.63) is 29.5 Å². The summed E-state index contributed by atoms with van der Waals surface area (Å²) in [5.74, 6) is 0.933. The van der Waals surface area contributed by atoms with Gasteiger partial charge in [-0.15, -0.1) is 0 Å². The molecule has 1 aliphatic heterocycles. The van der Waals surface area contributed by atoms with Crippen molar-refractivity contribution in [3.63, 3.8) is 0 Å². The highest BCUT2D eigenvalue weighted by Gasteiger charge is 2.17. The lowest BCUT2D eigenvalue weighted by Gasteiger charge is -2.22. The number of fused-ring (bicyclic) bond motifs is 1. The summed E-state index contributed by atoms with van der Waals surface area (Å²) in [6.07, 6.45) is 3.84. The van der Waals surface area contributed by atoms with Crippen molar-refractivity contribution in [2.75, 3.05) is 13.7 Å². The van der Waals surface area contributed by atoms with E-state index in [0.29, 0.717) is 6.04 Å². The molecule has 1 unspecified atom stereocenters. The Morgan fingerprint density at radius 1 is 1.22 bits per heavy atom. The van der Waals surface area contributed by atoms with Crippen molar-refractivity contribution in [2.45, 2.75) is 32.2 Å². The standard InChI is InChI=1S/C15H20N2O/c1-10-7-12(18-2)8-11-9-14(17-15(10)11)13-5-3-4-6-16-13/h7-9,13,16-17H,3-6H2,1-2H3. The second-order valence-corrected chi connectivity index (χ2v) is 5.14. The van der Waals surface area contributed by atoms with Gasteiger partial charge in [0.15, 0.2) is 0 Å². The van der Waals surface area contributed by atoms with Gasteiger partial charge >= 0.3 is 0 Å². The minimum absolute atomic E-state index is 0.483. The SMILES string of the molecule is COc1cc(C)c2[nH]c(C3CCCCN3)cc2c1. The lowest BCUT2D eigenvalue weighted by atomic mass is 10.0. The van der Waals surface area contributed by atoms with Crippen molar-refractivity contribution in [2.24, 2.45) is 0 Å². The number of H-pyrrole nitrogens is 1. The molecule has 3 nitrogen and oxygen atoms in total. The maximum atomic E-state index is 5.33. The molecular weight excluding hydrogens is 224 g/mol. The molecule has 1 aromatic heterocycles. The van der Waals surface area contributed by atoms with Gasteiger partial charge in [0, 0.05) is 22.6 Å². The molecule has 3 rings (SSSR count). The van der Waals surface area contributed by atoms with Crippen molar-refractivity contribution in [1.82, 2.24) is 10.3 Å².